The number of aliphatic carboxylic acids is 1. The summed E-state index contributed by atoms with van der Waals surface area (Å²) < 4.78 is 0.992. The van der Waals surface area contributed by atoms with E-state index in [2.05, 4.69) is 15.9 Å². The van der Waals surface area contributed by atoms with Crippen LogP contribution in [0.25, 0.3) is 0 Å². The third-order valence-corrected chi connectivity index (χ3v) is 3.99. The van der Waals surface area contributed by atoms with Gasteiger partial charge in [0, 0.05) is 17.6 Å². The predicted octanol–water partition coefficient (Wildman–Crippen LogP) is 2.31. The highest BCUT2D eigenvalue weighted by Crippen LogP contribution is 2.18. The summed E-state index contributed by atoms with van der Waals surface area (Å²) in [4.78, 5) is 24.7. The van der Waals surface area contributed by atoms with Crippen molar-refractivity contribution in [2.24, 2.45) is 5.92 Å². The van der Waals surface area contributed by atoms with Crippen LogP contribution in [-0.4, -0.2) is 35.0 Å². The number of nitrogens with zero attached hydrogens (tertiary/aromatic N) is 1. The highest BCUT2D eigenvalue weighted by atomic mass is 79.9. The van der Waals surface area contributed by atoms with Gasteiger partial charge in [0.15, 0.2) is 0 Å². The molecule has 4 nitrogen and oxygen atoms in total. The number of benzene rings is 1. The van der Waals surface area contributed by atoms with Crippen molar-refractivity contribution >= 4 is 27.8 Å². The van der Waals surface area contributed by atoms with Crippen LogP contribution in [0, 0.1) is 5.92 Å². The molecule has 102 valence electrons. The van der Waals surface area contributed by atoms with E-state index >= 15 is 0 Å². The highest BCUT2D eigenvalue weighted by Gasteiger charge is 2.26. The Bertz CT molecular complexity index is 464. The maximum atomic E-state index is 12.1. The molecule has 0 bridgehead atoms. The van der Waals surface area contributed by atoms with Crippen molar-refractivity contribution in [3.05, 3.63) is 34.3 Å². The first-order valence-electron chi connectivity index (χ1n) is 6.31. The average molecular weight is 326 g/mol. The molecule has 0 saturated carbocycles. The van der Waals surface area contributed by atoms with Gasteiger partial charge < -0.3 is 10.0 Å². The molecule has 5 heteroatoms. The third kappa shape index (κ3) is 3.80. The van der Waals surface area contributed by atoms with E-state index in [1.807, 2.05) is 24.3 Å². The zero-order valence-electron chi connectivity index (χ0n) is 10.5. The molecule has 0 unspecified atom stereocenters. The Kier molecular flexibility index (Phi) is 4.58. The molecule has 0 radical (unpaired) electrons. The van der Waals surface area contributed by atoms with Crippen molar-refractivity contribution < 1.29 is 14.7 Å². The molecule has 1 N–H and O–H groups in total. The minimum atomic E-state index is -0.750. The smallest absolute Gasteiger partial charge is 0.306 e. The first kappa shape index (κ1) is 14.1. The number of carboxylic acids is 1. The number of hydrogen-bond donors (Lipinski definition) is 1. The normalized spacial score (nSPS) is 16.4. The molecular weight excluding hydrogens is 310 g/mol. The van der Waals surface area contributed by atoms with Crippen LogP contribution in [0.15, 0.2) is 28.7 Å². The Morgan fingerprint density at radius 3 is 2.32 bits per heavy atom. The van der Waals surface area contributed by atoms with Crippen molar-refractivity contribution in [3.63, 3.8) is 0 Å². The molecule has 0 spiro atoms. The first-order chi connectivity index (χ1) is 9.06. The molecule has 19 heavy (non-hydrogen) atoms. The lowest BCUT2D eigenvalue weighted by Gasteiger charge is -2.30. The Labute approximate surface area is 120 Å². The van der Waals surface area contributed by atoms with E-state index in [0.717, 1.165) is 10.0 Å². The molecule has 1 amide bonds. The molecule has 0 aromatic heterocycles. The SMILES string of the molecule is O=C(O)C1CCN(C(=O)Cc2ccc(Br)cc2)CC1. The fourth-order valence-electron chi connectivity index (χ4n) is 2.26. The van der Waals surface area contributed by atoms with Gasteiger partial charge in [-0.15, -0.1) is 0 Å². The van der Waals surface area contributed by atoms with Gasteiger partial charge in [-0.25, -0.2) is 0 Å². The summed E-state index contributed by atoms with van der Waals surface area (Å²) in [5.74, 6) is -0.970. The maximum absolute atomic E-state index is 12.1. The van der Waals surface area contributed by atoms with Crippen molar-refractivity contribution in [1.29, 1.82) is 0 Å². The largest absolute Gasteiger partial charge is 0.481 e. The topological polar surface area (TPSA) is 57.6 Å². The van der Waals surface area contributed by atoms with Gasteiger partial charge in [0.1, 0.15) is 0 Å². The van der Waals surface area contributed by atoms with Crippen molar-refractivity contribution in [2.75, 3.05) is 13.1 Å². The van der Waals surface area contributed by atoms with E-state index in [1.54, 1.807) is 4.90 Å². The summed E-state index contributed by atoms with van der Waals surface area (Å²) >= 11 is 3.36. The van der Waals surface area contributed by atoms with Crippen LogP contribution in [0.1, 0.15) is 18.4 Å². The second-order valence-electron chi connectivity index (χ2n) is 4.80. The van der Waals surface area contributed by atoms with Gasteiger partial charge in [-0.2, -0.15) is 0 Å². The second kappa shape index (κ2) is 6.19. The van der Waals surface area contributed by atoms with Crippen molar-refractivity contribution in [2.45, 2.75) is 19.3 Å². The lowest BCUT2D eigenvalue weighted by Crippen LogP contribution is -2.40. The van der Waals surface area contributed by atoms with Gasteiger partial charge in [0.05, 0.1) is 12.3 Å². The number of halogens is 1. The third-order valence-electron chi connectivity index (χ3n) is 3.47. The number of rotatable bonds is 3. The van der Waals surface area contributed by atoms with Gasteiger partial charge >= 0.3 is 5.97 Å². The molecule has 0 atom stereocenters. The fourth-order valence-corrected chi connectivity index (χ4v) is 2.53. The summed E-state index contributed by atoms with van der Waals surface area (Å²) in [6.07, 6.45) is 1.49. The summed E-state index contributed by atoms with van der Waals surface area (Å²) in [5, 5.41) is 8.92. The molecule has 1 aromatic rings. The molecule has 1 aromatic carbocycles. The number of carbonyl (C=O) groups is 2. The van der Waals surface area contributed by atoms with E-state index in [1.165, 1.54) is 0 Å². The van der Waals surface area contributed by atoms with E-state index in [0.29, 0.717) is 32.4 Å². The zero-order valence-corrected chi connectivity index (χ0v) is 12.1. The van der Waals surface area contributed by atoms with Crippen LogP contribution < -0.4 is 0 Å². The van der Waals surface area contributed by atoms with Crippen LogP contribution in [0.4, 0.5) is 0 Å². The Hall–Kier alpha value is -1.36. The minimum Gasteiger partial charge on any atom is -0.481 e. The van der Waals surface area contributed by atoms with Crippen LogP contribution in [-0.2, 0) is 16.0 Å². The van der Waals surface area contributed by atoms with Gasteiger partial charge in [0.25, 0.3) is 0 Å². The van der Waals surface area contributed by atoms with Crippen LogP contribution in [0.2, 0.25) is 0 Å². The van der Waals surface area contributed by atoms with Crippen molar-refractivity contribution in [1.82, 2.24) is 4.90 Å². The van der Waals surface area contributed by atoms with E-state index in [-0.39, 0.29) is 11.8 Å². The summed E-state index contributed by atoms with van der Waals surface area (Å²) in [6.45, 7) is 1.10. The number of likely N-dealkylation sites (tertiary alicyclic amines) is 1. The van der Waals surface area contributed by atoms with E-state index in [4.69, 9.17) is 5.11 Å². The molecule has 1 aliphatic heterocycles. The predicted molar refractivity (Wildman–Crippen MR) is 74.8 cm³/mol. The molecule has 1 saturated heterocycles. The second-order valence-corrected chi connectivity index (χ2v) is 5.71. The lowest BCUT2D eigenvalue weighted by molar-refractivity contribution is -0.145. The highest BCUT2D eigenvalue weighted by molar-refractivity contribution is 9.10. The summed E-state index contributed by atoms with van der Waals surface area (Å²) in [7, 11) is 0. The minimum absolute atomic E-state index is 0.0751. The van der Waals surface area contributed by atoms with Crippen LogP contribution in [0.3, 0.4) is 0 Å². The molecular formula is C14H16BrNO3. The van der Waals surface area contributed by atoms with Gasteiger partial charge in [-0.1, -0.05) is 28.1 Å². The maximum Gasteiger partial charge on any atom is 0.306 e. The monoisotopic (exact) mass is 325 g/mol. The number of piperidine rings is 1. The van der Waals surface area contributed by atoms with Gasteiger partial charge in [-0.3, -0.25) is 9.59 Å². The first-order valence-corrected chi connectivity index (χ1v) is 7.10. The molecule has 1 heterocycles. The number of carboxylic acid groups (broad SMARTS) is 1. The van der Waals surface area contributed by atoms with Crippen molar-refractivity contribution in [3.8, 4) is 0 Å². The summed E-state index contributed by atoms with van der Waals surface area (Å²) in [5.41, 5.74) is 0.980. The van der Waals surface area contributed by atoms with E-state index < -0.39 is 5.97 Å². The number of hydrogen-bond acceptors (Lipinski definition) is 2. The quantitative estimate of drug-likeness (QED) is 0.927. The van der Waals surface area contributed by atoms with Crippen LogP contribution >= 0.6 is 15.9 Å². The standard InChI is InChI=1S/C14H16BrNO3/c15-12-3-1-10(2-4-12)9-13(17)16-7-5-11(6-8-16)14(18)19/h1-4,11H,5-9H2,(H,18,19). The lowest BCUT2D eigenvalue weighted by atomic mass is 9.96. The van der Waals surface area contributed by atoms with Gasteiger partial charge in [-0.05, 0) is 30.5 Å². The molecule has 1 aliphatic rings. The Balaban J connectivity index is 1.88. The molecule has 1 fully saturated rings. The number of carbonyl (C=O) groups excluding carboxylic acids is 1. The fraction of sp³-hybridized carbons (Fsp3) is 0.429. The Morgan fingerprint density at radius 1 is 1.21 bits per heavy atom. The molecule has 2 rings (SSSR count). The molecule has 0 aliphatic carbocycles. The Morgan fingerprint density at radius 2 is 1.79 bits per heavy atom. The average Bonchev–Trinajstić information content (AvgIpc) is 2.41. The van der Waals surface area contributed by atoms with E-state index in [9.17, 15) is 9.59 Å². The van der Waals surface area contributed by atoms with Gasteiger partial charge in [0.2, 0.25) is 5.91 Å². The summed E-state index contributed by atoms with van der Waals surface area (Å²) in [6, 6.07) is 7.68. The van der Waals surface area contributed by atoms with Crippen LogP contribution in [0.5, 0.6) is 0 Å². The zero-order chi connectivity index (χ0) is 13.8. The number of amides is 1.